The smallest absolute Gasteiger partial charge is 0.180 e. The van der Waals surface area contributed by atoms with E-state index < -0.39 is 21.4 Å². The molecule has 0 radical (unpaired) electrons. The predicted octanol–water partition coefficient (Wildman–Crippen LogP) is 3.83. The van der Waals surface area contributed by atoms with Gasteiger partial charge in [-0.1, -0.05) is 44.2 Å². The Labute approximate surface area is 166 Å². The maximum absolute atomic E-state index is 13.4. The highest BCUT2D eigenvalue weighted by Gasteiger charge is 2.47. The second-order valence-electron chi connectivity index (χ2n) is 7.09. The molecule has 3 rings (SSSR count). The second kappa shape index (κ2) is 7.73. The third kappa shape index (κ3) is 3.27. The van der Waals surface area contributed by atoms with E-state index in [-0.39, 0.29) is 10.6 Å². The first-order valence-electron chi connectivity index (χ1n) is 9.35. The number of hydrogen-bond acceptors (Lipinski definition) is 6. The Morgan fingerprint density at radius 3 is 2.18 bits per heavy atom. The summed E-state index contributed by atoms with van der Waals surface area (Å²) in [5, 5.41) is 12.6. The minimum atomic E-state index is -3.68. The van der Waals surface area contributed by atoms with E-state index in [1.54, 1.807) is 6.07 Å². The summed E-state index contributed by atoms with van der Waals surface area (Å²) in [5.74, 6) is 0.600. The normalized spacial score (nSPS) is 20.8. The van der Waals surface area contributed by atoms with E-state index in [2.05, 4.69) is 0 Å². The number of ether oxygens (including phenoxy) is 2. The van der Waals surface area contributed by atoms with E-state index >= 15 is 0 Å². The van der Waals surface area contributed by atoms with Crippen molar-refractivity contribution in [1.29, 1.82) is 0 Å². The molecule has 1 N–H and O–H groups in total. The van der Waals surface area contributed by atoms with Crippen molar-refractivity contribution in [2.75, 3.05) is 20.0 Å². The lowest BCUT2D eigenvalue weighted by atomic mass is 9.89. The van der Waals surface area contributed by atoms with Crippen molar-refractivity contribution < 1.29 is 23.1 Å². The Bertz CT molecular complexity index is 939. The van der Waals surface area contributed by atoms with Crippen LogP contribution in [0.4, 0.5) is 0 Å². The van der Waals surface area contributed by atoms with Gasteiger partial charge in [0, 0.05) is 6.07 Å². The second-order valence-corrected chi connectivity index (χ2v) is 9.05. The molecule has 0 fully saturated rings. The molecule has 0 saturated carbocycles. The molecular weight excluding hydrogens is 378 g/mol. The standard InChI is InChI=1S/C21H27NO5S/c1-5-21(6-2)14-28(24,25)19-13-18(27-4)17(26-3)12-16(19)20(22(21)23)15-10-8-7-9-11-15/h7-13,20,23H,5-6,14H2,1-4H3. The summed E-state index contributed by atoms with van der Waals surface area (Å²) < 4.78 is 37.5. The van der Waals surface area contributed by atoms with E-state index in [9.17, 15) is 13.6 Å². The summed E-state index contributed by atoms with van der Waals surface area (Å²) in [6.07, 6.45) is 0.982. The van der Waals surface area contributed by atoms with Gasteiger partial charge in [0.1, 0.15) is 0 Å². The van der Waals surface area contributed by atoms with Crippen LogP contribution >= 0.6 is 0 Å². The molecule has 1 unspecified atom stereocenters. The molecule has 1 aliphatic rings. The summed E-state index contributed by atoms with van der Waals surface area (Å²) in [5.41, 5.74) is 0.385. The maximum Gasteiger partial charge on any atom is 0.180 e. The Balaban J connectivity index is 2.39. The monoisotopic (exact) mass is 405 g/mol. The number of benzene rings is 2. The Kier molecular flexibility index (Phi) is 5.70. The van der Waals surface area contributed by atoms with Crippen molar-refractivity contribution in [2.45, 2.75) is 43.2 Å². The molecule has 1 heterocycles. The van der Waals surface area contributed by atoms with Gasteiger partial charge in [0.2, 0.25) is 0 Å². The van der Waals surface area contributed by atoms with Crippen LogP contribution in [-0.4, -0.2) is 44.2 Å². The molecule has 0 spiro atoms. The number of methoxy groups -OCH3 is 2. The quantitative estimate of drug-likeness (QED) is 0.815. The van der Waals surface area contributed by atoms with Crippen molar-refractivity contribution in [3.8, 4) is 11.5 Å². The molecule has 2 aromatic rings. The van der Waals surface area contributed by atoms with Gasteiger partial charge in [-0.05, 0) is 30.0 Å². The van der Waals surface area contributed by atoms with Crippen molar-refractivity contribution in [2.24, 2.45) is 0 Å². The van der Waals surface area contributed by atoms with Gasteiger partial charge in [-0.2, -0.15) is 5.06 Å². The van der Waals surface area contributed by atoms with E-state index in [1.807, 2.05) is 44.2 Å². The minimum Gasteiger partial charge on any atom is -0.493 e. The average Bonchev–Trinajstić information content (AvgIpc) is 2.78. The van der Waals surface area contributed by atoms with Gasteiger partial charge in [-0.15, -0.1) is 0 Å². The molecule has 0 aliphatic carbocycles. The Morgan fingerprint density at radius 2 is 1.64 bits per heavy atom. The topological polar surface area (TPSA) is 76.1 Å². The summed E-state index contributed by atoms with van der Waals surface area (Å²) in [7, 11) is -0.698. The lowest BCUT2D eigenvalue weighted by Gasteiger charge is -2.41. The van der Waals surface area contributed by atoms with Crippen LogP contribution in [0.15, 0.2) is 47.4 Å². The molecule has 152 valence electrons. The molecule has 0 bridgehead atoms. The summed E-state index contributed by atoms with van der Waals surface area (Å²) in [6.45, 7) is 3.81. The van der Waals surface area contributed by atoms with Gasteiger partial charge in [-0.25, -0.2) is 8.42 Å². The highest BCUT2D eigenvalue weighted by molar-refractivity contribution is 7.91. The Morgan fingerprint density at radius 1 is 1.07 bits per heavy atom. The van der Waals surface area contributed by atoms with Crippen LogP contribution in [-0.2, 0) is 9.84 Å². The van der Waals surface area contributed by atoms with Crippen molar-refractivity contribution in [1.82, 2.24) is 5.06 Å². The van der Waals surface area contributed by atoms with Gasteiger partial charge in [0.05, 0.1) is 36.4 Å². The lowest BCUT2D eigenvalue weighted by Crippen LogP contribution is -2.51. The summed E-state index contributed by atoms with van der Waals surface area (Å²) in [4.78, 5) is 0.168. The zero-order chi connectivity index (χ0) is 20.5. The maximum atomic E-state index is 13.4. The van der Waals surface area contributed by atoms with Crippen LogP contribution in [0.3, 0.4) is 0 Å². The number of hydrogen-bond donors (Lipinski definition) is 1. The van der Waals surface area contributed by atoms with Crippen LogP contribution < -0.4 is 9.47 Å². The number of fused-ring (bicyclic) bond motifs is 1. The Hall–Kier alpha value is -2.09. The molecule has 1 aliphatic heterocycles. The van der Waals surface area contributed by atoms with Crippen molar-refractivity contribution >= 4 is 9.84 Å². The van der Waals surface area contributed by atoms with Gasteiger partial charge >= 0.3 is 0 Å². The van der Waals surface area contributed by atoms with Crippen LogP contribution in [0.2, 0.25) is 0 Å². The molecule has 7 heteroatoms. The highest BCUT2D eigenvalue weighted by atomic mass is 32.2. The summed E-state index contributed by atoms with van der Waals surface area (Å²) in [6, 6.07) is 12.0. The highest BCUT2D eigenvalue weighted by Crippen LogP contribution is 2.46. The van der Waals surface area contributed by atoms with Gasteiger partial charge in [-0.3, -0.25) is 0 Å². The third-order valence-corrected chi connectivity index (χ3v) is 7.71. The van der Waals surface area contributed by atoms with E-state index in [1.165, 1.54) is 25.3 Å². The number of hydroxylamine groups is 2. The molecule has 6 nitrogen and oxygen atoms in total. The van der Waals surface area contributed by atoms with Crippen LogP contribution in [0.25, 0.3) is 0 Å². The first-order chi connectivity index (χ1) is 13.3. The predicted molar refractivity (Wildman–Crippen MR) is 107 cm³/mol. The third-order valence-electron chi connectivity index (χ3n) is 5.77. The van der Waals surface area contributed by atoms with Crippen LogP contribution in [0.1, 0.15) is 43.9 Å². The summed E-state index contributed by atoms with van der Waals surface area (Å²) >= 11 is 0. The zero-order valence-corrected chi connectivity index (χ0v) is 17.5. The van der Waals surface area contributed by atoms with Crippen molar-refractivity contribution in [3.05, 3.63) is 53.6 Å². The van der Waals surface area contributed by atoms with Crippen LogP contribution in [0.5, 0.6) is 11.5 Å². The lowest BCUT2D eigenvalue weighted by molar-refractivity contribution is -0.191. The molecule has 0 saturated heterocycles. The molecular formula is C21H27NO5S. The first-order valence-corrected chi connectivity index (χ1v) is 11.0. The number of rotatable bonds is 5. The SMILES string of the molecule is CCC1(CC)CS(=O)(=O)c2cc(OC)c(OC)cc2C(c2ccccc2)N1O. The van der Waals surface area contributed by atoms with Crippen LogP contribution in [0, 0.1) is 0 Å². The minimum absolute atomic E-state index is 0.168. The molecule has 0 amide bonds. The molecule has 1 atom stereocenters. The van der Waals surface area contributed by atoms with Gasteiger partial charge in [0.15, 0.2) is 21.3 Å². The van der Waals surface area contributed by atoms with E-state index in [0.29, 0.717) is 29.9 Å². The fourth-order valence-corrected chi connectivity index (χ4v) is 6.22. The molecule has 2 aromatic carbocycles. The van der Waals surface area contributed by atoms with E-state index in [4.69, 9.17) is 9.47 Å². The number of nitrogens with zero attached hydrogens (tertiary/aromatic N) is 1. The number of sulfone groups is 1. The average molecular weight is 406 g/mol. The first kappa shape index (κ1) is 20.6. The fourth-order valence-electron chi connectivity index (χ4n) is 4.00. The molecule has 28 heavy (non-hydrogen) atoms. The van der Waals surface area contributed by atoms with Crippen molar-refractivity contribution in [3.63, 3.8) is 0 Å². The zero-order valence-electron chi connectivity index (χ0n) is 16.7. The molecule has 0 aromatic heterocycles. The van der Waals surface area contributed by atoms with Gasteiger partial charge < -0.3 is 14.7 Å². The van der Waals surface area contributed by atoms with E-state index in [0.717, 1.165) is 5.56 Å². The fraction of sp³-hybridized carbons (Fsp3) is 0.429. The van der Waals surface area contributed by atoms with Gasteiger partial charge in [0.25, 0.3) is 0 Å². The largest absolute Gasteiger partial charge is 0.493 e.